The van der Waals surface area contributed by atoms with Gasteiger partial charge in [-0.3, -0.25) is 0 Å². The molecule has 3 rings (SSSR count). The van der Waals surface area contributed by atoms with Crippen LogP contribution in [0, 0.1) is 5.82 Å². The molecule has 1 aliphatic rings. The number of urea groups is 1. The second-order valence-corrected chi connectivity index (χ2v) is 7.07. The summed E-state index contributed by atoms with van der Waals surface area (Å²) in [6, 6.07) is 13.7. The Kier molecular flexibility index (Phi) is 7.37. The minimum Gasteiger partial charge on any atom is -0.494 e. The third kappa shape index (κ3) is 5.76. The molecule has 1 aliphatic heterocycles. The number of carbonyl (C=O) groups is 1. The average molecular weight is 406 g/mol. The van der Waals surface area contributed by atoms with Gasteiger partial charge >= 0.3 is 6.03 Å². The largest absolute Gasteiger partial charge is 0.494 e. The fourth-order valence-corrected chi connectivity index (χ4v) is 3.37. The van der Waals surface area contributed by atoms with E-state index in [1.54, 1.807) is 12.1 Å². The van der Waals surface area contributed by atoms with Gasteiger partial charge in [-0.15, -0.1) is 0 Å². The maximum atomic E-state index is 12.8. The summed E-state index contributed by atoms with van der Waals surface area (Å²) in [6.07, 6.45) is 1.64. The molecule has 0 bridgehead atoms. The van der Waals surface area contributed by atoms with Crippen LogP contribution in [0.2, 0.25) is 5.02 Å². The Bertz CT molecular complexity index is 765. The zero-order chi connectivity index (χ0) is 19.8. The van der Waals surface area contributed by atoms with E-state index in [0.717, 1.165) is 36.6 Å². The van der Waals surface area contributed by atoms with Gasteiger partial charge in [0.05, 0.1) is 17.3 Å². The van der Waals surface area contributed by atoms with E-state index in [1.807, 2.05) is 29.2 Å². The highest BCUT2D eigenvalue weighted by Crippen LogP contribution is 2.26. The molecule has 1 N–H and O–H groups in total. The highest BCUT2D eigenvalue weighted by molar-refractivity contribution is 6.33. The van der Waals surface area contributed by atoms with Crippen molar-refractivity contribution in [2.45, 2.75) is 12.8 Å². The highest BCUT2D eigenvalue weighted by Gasteiger charge is 2.21. The van der Waals surface area contributed by atoms with Crippen LogP contribution >= 0.6 is 11.6 Å². The summed E-state index contributed by atoms with van der Waals surface area (Å²) in [5, 5.41) is 3.70. The van der Waals surface area contributed by atoms with Gasteiger partial charge < -0.3 is 19.9 Å². The first-order valence-electron chi connectivity index (χ1n) is 9.54. The summed E-state index contributed by atoms with van der Waals surface area (Å²) in [7, 11) is 0. The maximum absolute atomic E-state index is 12.8. The Labute approximate surface area is 170 Å². The fraction of sp³-hybridized carbons (Fsp3) is 0.381. The van der Waals surface area contributed by atoms with Gasteiger partial charge in [0, 0.05) is 32.7 Å². The minimum absolute atomic E-state index is 0.0294. The van der Waals surface area contributed by atoms with Gasteiger partial charge in [-0.1, -0.05) is 23.7 Å². The number of para-hydroxylation sites is 1. The van der Waals surface area contributed by atoms with Crippen molar-refractivity contribution in [1.82, 2.24) is 10.2 Å². The second-order valence-electron chi connectivity index (χ2n) is 6.67. The molecule has 0 atom stereocenters. The number of amides is 2. The van der Waals surface area contributed by atoms with Crippen LogP contribution in [-0.4, -0.2) is 50.3 Å². The summed E-state index contributed by atoms with van der Waals surface area (Å²) < 4.78 is 18.4. The molecule has 0 aliphatic carbocycles. The molecule has 2 aromatic rings. The van der Waals surface area contributed by atoms with Crippen LogP contribution in [0.4, 0.5) is 14.9 Å². The van der Waals surface area contributed by atoms with Crippen LogP contribution in [-0.2, 0) is 0 Å². The number of halogens is 2. The molecule has 1 heterocycles. The molecule has 2 amide bonds. The van der Waals surface area contributed by atoms with E-state index in [0.29, 0.717) is 32.0 Å². The predicted octanol–water partition coefficient (Wildman–Crippen LogP) is 4.17. The number of nitrogens with zero attached hydrogens (tertiary/aromatic N) is 2. The number of hydrogen-bond acceptors (Lipinski definition) is 3. The first-order valence-corrected chi connectivity index (χ1v) is 9.92. The molecule has 5 nitrogen and oxygen atoms in total. The number of anilines is 1. The van der Waals surface area contributed by atoms with Gasteiger partial charge in [0.25, 0.3) is 0 Å². The van der Waals surface area contributed by atoms with E-state index in [-0.39, 0.29) is 11.8 Å². The molecule has 2 aromatic carbocycles. The summed E-state index contributed by atoms with van der Waals surface area (Å²) in [5.74, 6) is 0.379. The van der Waals surface area contributed by atoms with Crippen molar-refractivity contribution in [3.63, 3.8) is 0 Å². The molecule has 0 aromatic heterocycles. The van der Waals surface area contributed by atoms with E-state index in [1.165, 1.54) is 12.1 Å². The Morgan fingerprint density at radius 3 is 2.46 bits per heavy atom. The Morgan fingerprint density at radius 1 is 1.04 bits per heavy atom. The fourth-order valence-electron chi connectivity index (χ4n) is 3.11. The first-order chi connectivity index (χ1) is 13.6. The van der Waals surface area contributed by atoms with Crippen molar-refractivity contribution in [3.8, 4) is 5.75 Å². The van der Waals surface area contributed by atoms with Gasteiger partial charge in [0.2, 0.25) is 0 Å². The molecule has 0 saturated carbocycles. The standard InChI is InChI=1S/C21H25ClFN3O2/c22-19-5-1-2-6-20(19)25-12-14-26(15-13-25)21(27)24-11-3-4-16-28-18-9-7-17(23)8-10-18/h1-2,5-10H,3-4,11-16H2,(H,24,27). The smallest absolute Gasteiger partial charge is 0.317 e. The SMILES string of the molecule is O=C(NCCCCOc1ccc(F)cc1)N1CCN(c2ccccc2Cl)CC1. The van der Waals surface area contributed by atoms with Gasteiger partial charge in [0.15, 0.2) is 0 Å². The molecule has 0 unspecified atom stereocenters. The molecule has 1 fully saturated rings. The quantitative estimate of drug-likeness (QED) is 0.703. The third-order valence-electron chi connectivity index (χ3n) is 4.69. The van der Waals surface area contributed by atoms with Crippen LogP contribution in [0.5, 0.6) is 5.75 Å². The lowest BCUT2D eigenvalue weighted by Gasteiger charge is -2.36. The van der Waals surface area contributed by atoms with E-state index >= 15 is 0 Å². The lowest BCUT2D eigenvalue weighted by molar-refractivity contribution is 0.194. The predicted molar refractivity (Wildman–Crippen MR) is 110 cm³/mol. The molecule has 0 spiro atoms. The topological polar surface area (TPSA) is 44.8 Å². The average Bonchev–Trinajstić information content (AvgIpc) is 2.72. The molecule has 0 radical (unpaired) electrons. The number of benzene rings is 2. The monoisotopic (exact) mass is 405 g/mol. The Hall–Kier alpha value is -2.47. The number of rotatable bonds is 7. The highest BCUT2D eigenvalue weighted by atomic mass is 35.5. The number of unbranched alkanes of at least 4 members (excludes halogenated alkanes) is 1. The van der Waals surface area contributed by atoms with Crippen LogP contribution < -0.4 is 15.0 Å². The molecule has 1 saturated heterocycles. The van der Waals surface area contributed by atoms with E-state index < -0.39 is 0 Å². The summed E-state index contributed by atoms with van der Waals surface area (Å²) in [6.45, 7) is 4.02. The molecule has 7 heteroatoms. The van der Waals surface area contributed by atoms with Crippen molar-refractivity contribution in [3.05, 3.63) is 59.4 Å². The molecular weight excluding hydrogens is 381 g/mol. The van der Waals surface area contributed by atoms with Crippen molar-refractivity contribution in [2.75, 3.05) is 44.2 Å². The van der Waals surface area contributed by atoms with Gasteiger partial charge in [0.1, 0.15) is 11.6 Å². The molecule has 150 valence electrons. The van der Waals surface area contributed by atoms with Gasteiger partial charge in [-0.25, -0.2) is 9.18 Å². The lowest BCUT2D eigenvalue weighted by Crippen LogP contribution is -2.52. The number of piperazine rings is 1. The maximum Gasteiger partial charge on any atom is 0.317 e. The van der Waals surface area contributed by atoms with E-state index in [2.05, 4.69) is 10.2 Å². The summed E-state index contributed by atoms with van der Waals surface area (Å²) in [5.41, 5.74) is 1.02. The van der Waals surface area contributed by atoms with Crippen LogP contribution in [0.15, 0.2) is 48.5 Å². The number of hydrogen-bond donors (Lipinski definition) is 1. The number of ether oxygens (including phenoxy) is 1. The van der Waals surface area contributed by atoms with Crippen molar-refractivity contribution >= 4 is 23.3 Å². The Morgan fingerprint density at radius 2 is 1.75 bits per heavy atom. The van der Waals surface area contributed by atoms with Crippen molar-refractivity contribution in [2.24, 2.45) is 0 Å². The zero-order valence-corrected chi connectivity index (χ0v) is 16.5. The summed E-state index contributed by atoms with van der Waals surface area (Å²) in [4.78, 5) is 16.3. The van der Waals surface area contributed by atoms with Gasteiger partial charge in [-0.2, -0.15) is 0 Å². The normalized spacial score (nSPS) is 14.1. The Balaban J connectivity index is 1.29. The second kappa shape index (κ2) is 10.2. The lowest BCUT2D eigenvalue weighted by atomic mass is 10.2. The zero-order valence-electron chi connectivity index (χ0n) is 15.7. The van der Waals surface area contributed by atoms with Crippen LogP contribution in [0.25, 0.3) is 0 Å². The van der Waals surface area contributed by atoms with Crippen molar-refractivity contribution < 1.29 is 13.9 Å². The number of nitrogens with one attached hydrogen (secondary N) is 1. The number of carbonyl (C=O) groups excluding carboxylic acids is 1. The third-order valence-corrected chi connectivity index (χ3v) is 5.01. The molecule has 28 heavy (non-hydrogen) atoms. The van der Waals surface area contributed by atoms with E-state index in [9.17, 15) is 9.18 Å². The first kappa shape index (κ1) is 20.3. The summed E-state index contributed by atoms with van der Waals surface area (Å²) >= 11 is 6.25. The van der Waals surface area contributed by atoms with Crippen LogP contribution in [0.1, 0.15) is 12.8 Å². The van der Waals surface area contributed by atoms with Crippen molar-refractivity contribution in [1.29, 1.82) is 0 Å². The minimum atomic E-state index is -0.275. The van der Waals surface area contributed by atoms with E-state index in [4.69, 9.17) is 16.3 Å². The molecular formula is C21H25ClFN3O2. The van der Waals surface area contributed by atoms with Crippen LogP contribution in [0.3, 0.4) is 0 Å². The van der Waals surface area contributed by atoms with Gasteiger partial charge in [-0.05, 0) is 49.2 Å².